The molecule has 0 spiro atoms. The van der Waals surface area contributed by atoms with E-state index >= 15 is 0 Å². The van der Waals surface area contributed by atoms with Gasteiger partial charge in [-0.3, -0.25) is 0 Å². The van der Waals surface area contributed by atoms with Gasteiger partial charge in [-0.05, 0) is 37.0 Å². The minimum Gasteiger partial charge on any atom is -0.494 e. The van der Waals surface area contributed by atoms with Gasteiger partial charge in [0.1, 0.15) is 5.75 Å². The van der Waals surface area contributed by atoms with Crippen LogP contribution in [0.2, 0.25) is 0 Å². The molecule has 0 N–H and O–H groups in total. The summed E-state index contributed by atoms with van der Waals surface area (Å²) >= 11 is 0. The predicted octanol–water partition coefficient (Wildman–Crippen LogP) is 5.76. The molecule has 1 rings (SSSR count). The third-order valence-corrected chi connectivity index (χ3v) is 4.10. The molecule has 0 heterocycles. The molecule has 0 amide bonds. The summed E-state index contributed by atoms with van der Waals surface area (Å²) in [6.45, 7) is 5.46. The lowest BCUT2D eigenvalue weighted by molar-refractivity contribution is 0.115. The number of methoxy groups -OCH3 is 1. The van der Waals surface area contributed by atoms with Gasteiger partial charge in [-0.15, -0.1) is 0 Å². The van der Waals surface area contributed by atoms with Crippen molar-refractivity contribution in [3.8, 4) is 5.75 Å². The van der Waals surface area contributed by atoms with E-state index in [1.165, 1.54) is 44.1 Å². The van der Waals surface area contributed by atoms with Crippen molar-refractivity contribution in [2.24, 2.45) is 0 Å². The van der Waals surface area contributed by atoms with Crippen molar-refractivity contribution in [2.75, 3.05) is 26.9 Å². The van der Waals surface area contributed by atoms with Gasteiger partial charge in [0, 0.05) is 20.3 Å². The molecule has 0 saturated heterocycles. The van der Waals surface area contributed by atoms with Crippen LogP contribution in [0.5, 0.6) is 5.75 Å². The molecule has 0 radical (unpaired) electrons. The molecule has 0 aliphatic carbocycles. The molecular formula is C21H36O3. The van der Waals surface area contributed by atoms with E-state index in [9.17, 15) is 0 Å². The van der Waals surface area contributed by atoms with E-state index in [0.29, 0.717) is 6.61 Å². The van der Waals surface area contributed by atoms with Crippen molar-refractivity contribution in [3.63, 3.8) is 0 Å². The summed E-state index contributed by atoms with van der Waals surface area (Å²) in [6.07, 6.45) is 11.1. The van der Waals surface area contributed by atoms with Crippen molar-refractivity contribution in [3.05, 3.63) is 29.8 Å². The lowest BCUT2D eigenvalue weighted by atomic mass is 10.2. The van der Waals surface area contributed by atoms with Crippen LogP contribution in [0.15, 0.2) is 24.3 Å². The highest BCUT2D eigenvalue weighted by Gasteiger charge is 1.97. The van der Waals surface area contributed by atoms with Gasteiger partial charge in [-0.2, -0.15) is 0 Å². The lowest BCUT2D eigenvalue weighted by Crippen LogP contribution is -1.98. The molecule has 1 aromatic carbocycles. The summed E-state index contributed by atoms with van der Waals surface area (Å²) in [6, 6.07) is 8.31. The van der Waals surface area contributed by atoms with E-state index in [1.807, 2.05) is 0 Å². The van der Waals surface area contributed by atoms with E-state index in [4.69, 9.17) is 14.2 Å². The zero-order valence-corrected chi connectivity index (χ0v) is 15.7. The molecule has 0 aliphatic rings. The first-order valence-corrected chi connectivity index (χ1v) is 9.65. The summed E-state index contributed by atoms with van der Waals surface area (Å²) in [4.78, 5) is 0. The maximum Gasteiger partial charge on any atom is 0.119 e. The first-order valence-electron chi connectivity index (χ1n) is 9.65. The molecule has 0 fully saturated rings. The second-order valence-corrected chi connectivity index (χ2v) is 6.37. The van der Waals surface area contributed by atoms with Gasteiger partial charge in [0.25, 0.3) is 0 Å². The van der Waals surface area contributed by atoms with Crippen LogP contribution in [-0.4, -0.2) is 26.9 Å². The van der Waals surface area contributed by atoms with Crippen LogP contribution in [0, 0.1) is 0 Å². The van der Waals surface area contributed by atoms with E-state index < -0.39 is 0 Å². The zero-order valence-electron chi connectivity index (χ0n) is 15.7. The number of rotatable bonds is 16. The first kappa shape index (κ1) is 21.0. The molecule has 0 aliphatic heterocycles. The first-order chi connectivity index (χ1) is 11.9. The minimum atomic E-state index is 0.690. The van der Waals surface area contributed by atoms with Crippen LogP contribution in [0.3, 0.4) is 0 Å². The third kappa shape index (κ3) is 11.5. The highest BCUT2D eigenvalue weighted by molar-refractivity contribution is 5.26. The molecule has 1 aromatic rings. The third-order valence-electron chi connectivity index (χ3n) is 4.10. The van der Waals surface area contributed by atoms with Crippen LogP contribution >= 0.6 is 0 Å². The topological polar surface area (TPSA) is 27.7 Å². The monoisotopic (exact) mass is 336 g/mol. The maximum absolute atomic E-state index is 5.78. The van der Waals surface area contributed by atoms with Crippen LogP contribution in [0.4, 0.5) is 0 Å². The van der Waals surface area contributed by atoms with E-state index in [1.54, 1.807) is 7.11 Å². The van der Waals surface area contributed by atoms with Crippen LogP contribution in [0.25, 0.3) is 0 Å². The van der Waals surface area contributed by atoms with Crippen molar-refractivity contribution in [2.45, 2.75) is 71.3 Å². The molecule has 0 aromatic heterocycles. The van der Waals surface area contributed by atoms with Gasteiger partial charge in [-0.1, -0.05) is 57.6 Å². The highest BCUT2D eigenvalue weighted by Crippen LogP contribution is 2.14. The Morgan fingerprint density at radius 2 is 1.33 bits per heavy atom. The molecule has 3 nitrogen and oxygen atoms in total. The number of hydrogen-bond donors (Lipinski definition) is 0. The van der Waals surface area contributed by atoms with Gasteiger partial charge in [-0.25, -0.2) is 0 Å². The fourth-order valence-electron chi connectivity index (χ4n) is 2.57. The Kier molecular flexibility index (Phi) is 13.5. The number of benzene rings is 1. The van der Waals surface area contributed by atoms with Gasteiger partial charge < -0.3 is 14.2 Å². The van der Waals surface area contributed by atoms with Gasteiger partial charge in [0.05, 0.1) is 13.2 Å². The second-order valence-electron chi connectivity index (χ2n) is 6.37. The average Bonchev–Trinajstić information content (AvgIpc) is 2.61. The fraction of sp³-hybridized carbons (Fsp3) is 0.714. The average molecular weight is 337 g/mol. The minimum absolute atomic E-state index is 0.690. The Morgan fingerprint density at radius 3 is 2.00 bits per heavy atom. The highest BCUT2D eigenvalue weighted by atomic mass is 16.5. The summed E-state index contributed by atoms with van der Waals surface area (Å²) in [5, 5.41) is 0. The SMILES string of the molecule is CCCCCCCOc1ccc(COCCCCCCOC)cc1. The van der Waals surface area contributed by atoms with Crippen molar-refractivity contribution < 1.29 is 14.2 Å². The standard InChI is InChI=1S/C21H36O3/c1-3-4-5-6-11-18-24-21-14-12-20(13-15-21)19-23-17-10-8-7-9-16-22-2/h12-15H,3-11,16-19H2,1-2H3. The summed E-state index contributed by atoms with van der Waals surface area (Å²) in [5.74, 6) is 0.965. The van der Waals surface area contributed by atoms with Gasteiger partial charge >= 0.3 is 0 Å². The quantitative estimate of drug-likeness (QED) is 0.359. The van der Waals surface area contributed by atoms with Crippen LogP contribution in [0.1, 0.15) is 70.3 Å². The van der Waals surface area contributed by atoms with Crippen molar-refractivity contribution >= 4 is 0 Å². The number of ether oxygens (including phenoxy) is 3. The molecular weight excluding hydrogens is 300 g/mol. The smallest absolute Gasteiger partial charge is 0.119 e. The Balaban J connectivity index is 2.01. The fourth-order valence-corrected chi connectivity index (χ4v) is 2.57. The van der Waals surface area contributed by atoms with Crippen molar-refractivity contribution in [1.82, 2.24) is 0 Å². The van der Waals surface area contributed by atoms with Crippen LogP contribution < -0.4 is 4.74 Å². The Morgan fingerprint density at radius 1 is 0.708 bits per heavy atom. The molecule has 3 heteroatoms. The van der Waals surface area contributed by atoms with E-state index in [2.05, 4.69) is 31.2 Å². The Hall–Kier alpha value is -1.06. The Bertz CT molecular complexity index is 375. The van der Waals surface area contributed by atoms with E-state index in [-0.39, 0.29) is 0 Å². The molecule has 24 heavy (non-hydrogen) atoms. The second kappa shape index (κ2) is 15.5. The van der Waals surface area contributed by atoms with Gasteiger partial charge in [0.15, 0.2) is 0 Å². The normalized spacial score (nSPS) is 10.9. The van der Waals surface area contributed by atoms with Crippen LogP contribution in [-0.2, 0) is 16.1 Å². The van der Waals surface area contributed by atoms with E-state index in [0.717, 1.165) is 44.8 Å². The molecule has 0 atom stereocenters. The lowest BCUT2D eigenvalue weighted by Gasteiger charge is -2.08. The number of hydrogen-bond acceptors (Lipinski definition) is 3. The number of unbranched alkanes of at least 4 members (excludes halogenated alkanes) is 7. The van der Waals surface area contributed by atoms with Crippen molar-refractivity contribution in [1.29, 1.82) is 0 Å². The van der Waals surface area contributed by atoms with Gasteiger partial charge in [0.2, 0.25) is 0 Å². The molecule has 0 bridgehead atoms. The Labute approximate surface area is 148 Å². The zero-order chi connectivity index (χ0) is 17.3. The summed E-state index contributed by atoms with van der Waals surface area (Å²) in [7, 11) is 1.76. The largest absolute Gasteiger partial charge is 0.494 e. The maximum atomic E-state index is 5.78. The summed E-state index contributed by atoms with van der Waals surface area (Å²) < 4.78 is 16.6. The predicted molar refractivity (Wildman–Crippen MR) is 101 cm³/mol. The molecule has 138 valence electrons. The summed E-state index contributed by atoms with van der Waals surface area (Å²) in [5.41, 5.74) is 1.21. The molecule has 0 saturated carbocycles. The molecule has 0 unspecified atom stereocenters.